The maximum absolute atomic E-state index is 4.56. The van der Waals surface area contributed by atoms with Crippen LogP contribution >= 0.6 is 22.7 Å². The number of thiophene rings is 2. The molecule has 0 saturated heterocycles. The van der Waals surface area contributed by atoms with E-state index in [1.54, 1.807) is 17.7 Å². The van der Waals surface area contributed by atoms with Crippen molar-refractivity contribution in [1.29, 1.82) is 0 Å². The average Bonchev–Trinajstić information content (AvgIpc) is 3.37. The van der Waals surface area contributed by atoms with Gasteiger partial charge < -0.3 is 5.32 Å². The number of hydrogen-bond acceptors (Lipinski definition) is 7. The first-order valence-electron chi connectivity index (χ1n) is 8.33. The largest absolute Gasteiger partial charge is 0.362 e. The number of aromatic amines is 1. The molecule has 0 saturated carbocycles. The fourth-order valence-corrected chi connectivity index (χ4v) is 5.17. The Kier molecular flexibility index (Phi) is 3.71. The van der Waals surface area contributed by atoms with Crippen LogP contribution in [-0.4, -0.2) is 25.1 Å². The van der Waals surface area contributed by atoms with Crippen molar-refractivity contribution in [1.82, 2.24) is 25.1 Å². The van der Waals surface area contributed by atoms with Gasteiger partial charge in [-0.3, -0.25) is 5.10 Å². The highest BCUT2D eigenvalue weighted by atomic mass is 32.1. The van der Waals surface area contributed by atoms with Gasteiger partial charge in [-0.2, -0.15) is 5.10 Å². The van der Waals surface area contributed by atoms with E-state index < -0.39 is 0 Å². The fraction of sp³-hybridized carbons (Fsp3) is 0.294. The number of H-pyrrole nitrogens is 1. The molecule has 6 nitrogen and oxygen atoms in total. The van der Waals surface area contributed by atoms with Crippen LogP contribution in [0.2, 0.25) is 0 Å². The molecule has 0 aromatic carbocycles. The van der Waals surface area contributed by atoms with Crippen LogP contribution < -0.4 is 5.32 Å². The van der Waals surface area contributed by atoms with Crippen molar-refractivity contribution in [2.24, 2.45) is 0 Å². The van der Waals surface area contributed by atoms with Crippen molar-refractivity contribution in [3.63, 3.8) is 0 Å². The van der Waals surface area contributed by atoms with Gasteiger partial charge in [0.25, 0.3) is 0 Å². The van der Waals surface area contributed by atoms with Crippen LogP contribution in [0.1, 0.15) is 29.1 Å². The number of anilines is 1. The molecule has 4 heterocycles. The number of aryl methyl sites for hydroxylation is 2. The predicted molar refractivity (Wildman–Crippen MR) is 101 cm³/mol. The molecule has 0 spiro atoms. The minimum Gasteiger partial charge on any atom is -0.362 e. The Labute approximate surface area is 152 Å². The molecule has 1 aliphatic carbocycles. The number of nitrogens with one attached hydrogen (secondary N) is 2. The SMILES string of the molecule is c1csc(-c2n[nH]c(CNc3ncnc4sc5c(c34)CCCC5)n2)c1. The van der Waals surface area contributed by atoms with Crippen LogP contribution in [0.4, 0.5) is 5.82 Å². The summed E-state index contributed by atoms with van der Waals surface area (Å²) in [6, 6.07) is 4.03. The van der Waals surface area contributed by atoms with Crippen LogP contribution in [0.25, 0.3) is 20.9 Å². The predicted octanol–water partition coefficient (Wildman–Crippen LogP) is 4.03. The second kappa shape index (κ2) is 6.20. The third-order valence-corrected chi connectivity index (χ3v) is 6.51. The number of rotatable bonds is 4. The Bertz CT molecular complexity index is 1020. The van der Waals surface area contributed by atoms with Crippen LogP contribution in [0.5, 0.6) is 0 Å². The Balaban J connectivity index is 1.42. The highest BCUT2D eigenvalue weighted by Crippen LogP contribution is 2.38. The lowest BCUT2D eigenvalue weighted by molar-refractivity contribution is 0.700. The van der Waals surface area contributed by atoms with Crippen LogP contribution in [0.3, 0.4) is 0 Å². The van der Waals surface area contributed by atoms with E-state index in [-0.39, 0.29) is 0 Å². The van der Waals surface area contributed by atoms with Gasteiger partial charge in [-0.15, -0.1) is 22.7 Å². The first-order chi connectivity index (χ1) is 12.4. The van der Waals surface area contributed by atoms with Crippen LogP contribution in [-0.2, 0) is 19.4 Å². The van der Waals surface area contributed by atoms with Gasteiger partial charge in [0.2, 0.25) is 0 Å². The first kappa shape index (κ1) is 15.0. The molecule has 4 aromatic rings. The van der Waals surface area contributed by atoms with Gasteiger partial charge in [0.15, 0.2) is 5.82 Å². The van der Waals surface area contributed by atoms with Crippen LogP contribution in [0, 0.1) is 0 Å². The Hall–Kier alpha value is -2.32. The third-order valence-electron chi connectivity index (χ3n) is 4.45. The van der Waals surface area contributed by atoms with Crippen molar-refractivity contribution in [2.75, 3.05) is 5.32 Å². The molecule has 0 bridgehead atoms. The smallest absolute Gasteiger partial charge is 0.191 e. The number of fused-ring (bicyclic) bond motifs is 3. The van der Waals surface area contributed by atoms with Crippen molar-refractivity contribution >= 4 is 38.7 Å². The van der Waals surface area contributed by atoms with Crippen molar-refractivity contribution in [2.45, 2.75) is 32.2 Å². The summed E-state index contributed by atoms with van der Waals surface area (Å²) in [6.07, 6.45) is 6.47. The molecular weight excluding hydrogens is 352 g/mol. The molecule has 0 unspecified atom stereocenters. The van der Waals surface area contributed by atoms with Gasteiger partial charge in [0.1, 0.15) is 22.8 Å². The molecule has 0 aliphatic heterocycles. The lowest BCUT2D eigenvalue weighted by Crippen LogP contribution is -2.05. The van der Waals surface area contributed by atoms with Gasteiger partial charge in [0.05, 0.1) is 16.8 Å². The molecule has 2 N–H and O–H groups in total. The first-order valence-corrected chi connectivity index (χ1v) is 10.0. The molecule has 0 amide bonds. The molecule has 0 atom stereocenters. The van der Waals surface area contributed by atoms with Gasteiger partial charge in [-0.25, -0.2) is 15.0 Å². The van der Waals surface area contributed by atoms with Crippen molar-refractivity contribution in [3.05, 3.63) is 40.1 Å². The maximum atomic E-state index is 4.56. The lowest BCUT2D eigenvalue weighted by Gasteiger charge is -2.12. The van der Waals surface area contributed by atoms with E-state index in [9.17, 15) is 0 Å². The van der Waals surface area contributed by atoms with E-state index in [2.05, 4.69) is 30.5 Å². The third kappa shape index (κ3) is 2.71. The monoisotopic (exact) mass is 368 g/mol. The van der Waals surface area contributed by atoms with Crippen LogP contribution in [0.15, 0.2) is 23.8 Å². The van der Waals surface area contributed by atoms with E-state index in [0.717, 1.165) is 33.6 Å². The number of hydrogen-bond donors (Lipinski definition) is 2. The Morgan fingerprint density at radius 2 is 2.16 bits per heavy atom. The summed E-state index contributed by atoms with van der Waals surface area (Å²) >= 11 is 3.45. The highest BCUT2D eigenvalue weighted by molar-refractivity contribution is 7.19. The highest BCUT2D eigenvalue weighted by Gasteiger charge is 2.19. The van der Waals surface area contributed by atoms with Gasteiger partial charge >= 0.3 is 0 Å². The van der Waals surface area contributed by atoms with E-state index in [1.165, 1.54) is 35.1 Å². The Morgan fingerprint density at radius 1 is 1.20 bits per heavy atom. The number of aromatic nitrogens is 5. The Morgan fingerprint density at radius 3 is 3.08 bits per heavy atom. The minimum atomic E-state index is 0.565. The zero-order valence-corrected chi connectivity index (χ0v) is 15.1. The average molecular weight is 368 g/mol. The van der Waals surface area contributed by atoms with E-state index in [0.29, 0.717) is 6.54 Å². The van der Waals surface area contributed by atoms with Crippen molar-refractivity contribution in [3.8, 4) is 10.7 Å². The van der Waals surface area contributed by atoms with E-state index in [4.69, 9.17) is 0 Å². The summed E-state index contributed by atoms with van der Waals surface area (Å²) in [6.45, 7) is 0.565. The van der Waals surface area contributed by atoms with Gasteiger partial charge in [-0.05, 0) is 42.7 Å². The minimum absolute atomic E-state index is 0.565. The second-order valence-electron chi connectivity index (χ2n) is 6.05. The normalized spacial score (nSPS) is 13.9. The summed E-state index contributed by atoms with van der Waals surface area (Å²) in [5.74, 6) is 2.45. The summed E-state index contributed by atoms with van der Waals surface area (Å²) in [5.41, 5.74) is 1.44. The second-order valence-corrected chi connectivity index (χ2v) is 8.08. The molecule has 126 valence electrons. The summed E-state index contributed by atoms with van der Waals surface area (Å²) < 4.78 is 0. The van der Waals surface area contributed by atoms with Gasteiger partial charge in [-0.1, -0.05) is 6.07 Å². The quantitative estimate of drug-likeness (QED) is 0.568. The zero-order chi connectivity index (χ0) is 16.6. The molecular formula is C17H16N6S2. The van der Waals surface area contributed by atoms with E-state index >= 15 is 0 Å². The van der Waals surface area contributed by atoms with E-state index in [1.807, 2.05) is 28.8 Å². The molecule has 25 heavy (non-hydrogen) atoms. The standard InChI is InChI=1S/C17H16N6S2/c1-2-5-11-10(4-1)14-16(19-9-20-17(14)25-11)18-8-13-21-15(23-22-13)12-6-3-7-24-12/h3,6-7,9H,1-2,4-5,8H2,(H,18,19,20)(H,21,22,23). The topological polar surface area (TPSA) is 79.4 Å². The maximum Gasteiger partial charge on any atom is 0.191 e. The fourth-order valence-electron chi connectivity index (χ4n) is 3.28. The number of nitrogens with zero attached hydrogens (tertiary/aromatic N) is 4. The molecule has 0 fully saturated rings. The summed E-state index contributed by atoms with van der Waals surface area (Å²) in [4.78, 5) is 17.1. The lowest BCUT2D eigenvalue weighted by atomic mass is 9.97. The zero-order valence-electron chi connectivity index (χ0n) is 13.5. The molecule has 8 heteroatoms. The molecule has 1 aliphatic rings. The molecule has 5 rings (SSSR count). The summed E-state index contributed by atoms with van der Waals surface area (Å²) in [7, 11) is 0. The summed E-state index contributed by atoms with van der Waals surface area (Å²) in [5, 5.41) is 14.0. The molecule has 4 aromatic heterocycles. The molecule has 0 radical (unpaired) electrons. The van der Waals surface area contributed by atoms with Gasteiger partial charge in [0, 0.05) is 4.88 Å². The van der Waals surface area contributed by atoms with Crippen molar-refractivity contribution < 1.29 is 0 Å².